The van der Waals surface area contributed by atoms with E-state index >= 15 is 0 Å². The minimum absolute atomic E-state index is 0.121. The summed E-state index contributed by atoms with van der Waals surface area (Å²) in [5.41, 5.74) is 1.53. The first-order chi connectivity index (χ1) is 11.0. The number of hydrogen-bond donors (Lipinski definition) is 2. The van der Waals surface area contributed by atoms with Gasteiger partial charge in [0.1, 0.15) is 11.8 Å². The van der Waals surface area contributed by atoms with Crippen LogP contribution in [-0.4, -0.2) is 25.1 Å². The smallest absolute Gasteiger partial charge is 0.241 e. The van der Waals surface area contributed by atoms with Gasteiger partial charge in [-0.25, -0.2) is 8.42 Å². The summed E-state index contributed by atoms with van der Waals surface area (Å²) in [5.74, 6) is 0.352. The molecule has 6 nitrogen and oxygen atoms in total. The molecule has 0 saturated carbocycles. The Labute approximate surface area is 133 Å². The van der Waals surface area contributed by atoms with Gasteiger partial charge in [-0.3, -0.25) is 4.98 Å². The molecule has 0 spiro atoms. The molecule has 120 valence electrons. The molecule has 0 bridgehead atoms. The molecule has 23 heavy (non-hydrogen) atoms. The molecule has 0 radical (unpaired) electrons. The minimum atomic E-state index is -3.85. The molecule has 1 atom stereocenters. The van der Waals surface area contributed by atoms with Crippen molar-refractivity contribution in [3.8, 4) is 0 Å². The van der Waals surface area contributed by atoms with Crippen LogP contribution in [0.3, 0.4) is 0 Å². The molecule has 0 saturated heterocycles. The Kier molecular flexibility index (Phi) is 4.16. The molecule has 1 unspecified atom stereocenters. The van der Waals surface area contributed by atoms with Crippen LogP contribution in [0.25, 0.3) is 10.9 Å². The first kappa shape index (κ1) is 15.7. The molecule has 2 aromatic heterocycles. The SMILES string of the molecule is Cc1ccc(S(=O)(=O)NC(CO)c2ccco2)c2cccnc12. The summed E-state index contributed by atoms with van der Waals surface area (Å²) in [7, 11) is -3.85. The molecular formula is C16H16N2O4S. The molecule has 2 N–H and O–H groups in total. The van der Waals surface area contributed by atoms with Crippen molar-refractivity contribution < 1.29 is 17.9 Å². The van der Waals surface area contributed by atoms with Crippen molar-refractivity contribution >= 4 is 20.9 Å². The Balaban J connectivity index is 2.05. The number of aliphatic hydroxyl groups excluding tert-OH is 1. The second-order valence-electron chi connectivity index (χ2n) is 5.15. The Morgan fingerprint density at radius 3 is 2.78 bits per heavy atom. The predicted molar refractivity (Wildman–Crippen MR) is 85.3 cm³/mol. The summed E-state index contributed by atoms with van der Waals surface area (Å²) in [5, 5.41) is 10.0. The lowest BCUT2D eigenvalue weighted by molar-refractivity contribution is 0.242. The topological polar surface area (TPSA) is 92.4 Å². The Bertz CT molecular complexity index is 920. The zero-order valence-corrected chi connectivity index (χ0v) is 13.2. The number of nitrogens with zero attached hydrogens (tertiary/aromatic N) is 1. The zero-order valence-electron chi connectivity index (χ0n) is 12.4. The molecule has 3 rings (SSSR count). The number of benzene rings is 1. The average molecular weight is 332 g/mol. The third-order valence-electron chi connectivity index (χ3n) is 3.59. The highest BCUT2D eigenvalue weighted by Gasteiger charge is 2.24. The van der Waals surface area contributed by atoms with Gasteiger partial charge >= 0.3 is 0 Å². The van der Waals surface area contributed by atoms with Crippen LogP contribution in [0.15, 0.2) is 58.2 Å². The first-order valence-electron chi connectivity index (χ1n) is 7.04. The summed E-state index contributed by atoms with van der Waals surface area (Å²) in [4.78, 5) is 4.37. The largest absolute Gasteiger partial charge is 0.468 e. The number of aromatic nitrogens is 1. The van der Waals surface area contributed by atoms with E-state index in [1.54, 1.807) is 36.5 Å². The molecule has 3 aromatic rings. The fourth-order valence-corrected chi connectivity index (χ4v) is 3.84. The van der Waals surface area contributed by atoms with Crippen molar-refractivity contribution in [3.63, 3.8) is 0 Å². The Hall–Kier alpha value is -2.22. The van der Waals surface area contributed by atoms with E-state index in [1.807, 2.05) is 6.92 Å². The third-order valence-corrected chi connectivity index (χ3v) is 5.12. The van der Waals surface area contributed by atoms with E-state index in [9.17, 15) is 13.5 Å². The molecular weight excluding hydrogens is 316 g/mol. The molecule has 2 heterocycles. The van der Waals surface area contributed by atoms with Crippen LogP contribution in [0, 0.1) is 6.92 Å². The van der Waals surface area contributed by atoms with E-state index in [2.05, 4.69) is 9.71 Å². The third kappa shape index (κ3) is 2.98. The summed E-state index contributed by atoms with van der Waals surface area (Å²) >= 11 is 0. The minimum Gasteiger partial charge on any atom is -0.468 e. The van der Waals surface area contributed by atoms with E-state index in [1.165, 1.54) is 12.3 Å². The van der Waals surface area contributed by atoms with E-state index in [0.29, 0.717) is 16.7 Å². The Morgan fingerprint density at radius 2 is 2.09 bits per heavy atom. The van der Waals surface area contributed by atoms with Crippen LogP contribution in [-0.2, 0) is 10.0 Å². The van der Waals surface area contributed by atoms with Gasteiger partial charge in [0.05, 0.1) is 23.3 Å². The second-order valence-corrected chi connectivity index (χ2v) is 6.83. The number of nitrogens with one attached hydrogen (secondary N) is 1. The monoisotopic (exact) mass is 332 g/mol. The number of aryl methyl sites for hydroxylation is 1. The van der Waals surface area contributed by atoms with Crippen LogP contribution in [0.5, 0.6) is 0 Å². The maximum Gasteiger partial charge on any atom is 0.241 e. The quantitative estimate of drug-likeness (QED) is 0.747. The normalized spacial score (nSPS) is 13.3. The number of furan rings is 1. The van der Waals surface area contributed by atoms with Gasteiger partial charge in [0.2, 0.25) is 10.0 Å². The molecule has 1 aromatic carbocycles. The zero-order chi connectivity index (χ0) is 16.4. The highest BCUT2D eigenvalue weighted by atomic mass is 32.2. The predicted octanol–water partition coefficient (Wildman–Crippen LogP) is 2.15. The first-order valence-corrected chi connectivity index (χ1v) is 8.52. The van der Waals surface area contributed by atoms with Gasteiger partial charge in [0, 0.05) is 11.6 Å². The van der Waals surface area contributed by atoms with Crippen molar-refractivity contribution in [2.24, 2.45) is 0 Å². The number of rotatable bonds is 5. The van der Waals surface area contributed by atoms with Crippen LogP contribution in [0.2, 0.25) is 0 Å². The van der Waals surface area contributed by atoms with E-state index in [0.717, 1.165) is 5.56 Å². The van der Waals surface area contributed by atoms with Gasteiger partial charge in [-0.05, 0) is 42.8 Å². The number of fused-ring (bicyclic) bond motifs is 1. The highest BCUT2D eigenvalue weighted by molar-refractivity contribution is 7.89. The standard InChI is InChI=1S/C16H16N2O4S/c1-11-6-7-15(12-4-2-8-17-16(11)12)23(20,21)18-13(10-19)14-5-3-9-22-14/h2-9,13,18-19H,10H2,1H3. The molecule has 0 fully saturated rings. The van der Waals surface area contributed by atoms with Crippen molar-refractivity contribution in [2.45, 2.75) is 17.9 Å². The van der Waals surface area contributed by atoms with Crippen molar-refractivity contribution in [1.82, 2.24) is 9.71 Å². The van der Waals surface area contributed by atoms with Gasteiger partial charge in [-0.15, -0.1) is 0 Å². The lowest BCUT2D eigenvalue weighted by atomic mass is 10.1. The van der Waals surface area contributed by atoms with E-state index < -0.39 is 22.7 Å². The summed E-state index contributed by atoms with van der Waals surface area (Å²) in [6.45, 7) is 1.47. The van der Waals surface area contributed by atoms with Crippen LogP contribution < -0.4 is 4.72 Å². The summed E-state index contributed by atoms with van der Waals surface area (Å²) in [6.07, 6.45) is 3.05. The lowest BCUT2D eigenvalue weighted by Gasteiger charge is -2.15. The average Bonchev–Trinajstić information content (AvgIpc) is 3.07. The number of aliphatic hydroxyl groups is 1. The highest BCUT2D eigenvalue weighted by Crippen LogP contribution is 2.25. The number of hydrogen-bond acceptors (Lipinski definition) is 5. The fraction of sp³-hybridized carbons (Fsp3) is 0.188. The van der Waals surface area contributed by atoms with Crippen LogP contribution >= 0.6 is 0 Å². The molecule has 0 aliphatic carbocycles. The van der Waals surface area contributed by atoms with Gasteiger partial charge in [0.15, 0.2) is 0 Å². The lowest BCUT2D eigenvalue weighted by Crippen LogP contribution is -2.30. The number of sulfonamides is 1. The molecule has 0 aliphatic rings. The summed E-state index contributed by atoms with van der Waals surface area (Å²) in [6, 6.07) is 9.06. The van der Waals surface area contributed by atoms with E-state index in [-0.39, 0.29) is 4.90 Å². The van der Waals surface area contributed by atoms with E-state index in [4.69, 9.17) is 4.42 Å². The summed E-state index contributed by atoms with van der Waals surface area (Å²) < 4.78 is 33.1. The molecule has 0 aliphatic heterocycles. The maximum atomic E-state index is 12.7. The fourth-order valence-electron chi connectivity index (χ4n) is 2.45. The number of pyridine rings is 1. The maximum absolute atomic E-state index is 12.7. The van der Waals surface area contributed by atoms with Crippen molar-refractivity contribution in [2.75, 3.05) is 6.61 Å². The van der Waals surface area contributed by atoms with Gasteiger partial charge in [-0.2, -0.15) is 4.72 Å². The van der Waals surface area contributed by atoms with Gasteiger partial charge < -0.3 is 9.52 Å². The van der Waals surface area contributed by atoms with Crippen LogP contribution in [0.4, 0.5) is 0 Å². The van der Waals surface area contributed by atoms with Crippen molar-refractivity contribution in [1.29, 1.82) is 0 Å². The molecule has 0 amide bonds. The molecule has 7 heteroatoms. The van der Waals surface area contributed by atoms with Crippen molar-refractivity contribution in [3.05, 3.63) is 60.2 Å². The second kappa shape index (κ2) is 6.11. The van der Waals surface area contributed by atoms with Gasteiger partial charge in [-0.1, -0.05) is 6.07 Å². The van der Waals surface area contributed by atoms with Gasteiger partial charge in [0.25, 0.3) is 0 Å². The Morgan fingerprint density at radius 1 is 1.26 bits per heavy atom. The van der Waals surface area contributed by atoms with Crippen LogP contribution in [0.1, 0.15) is 17.4 Å².